The molecule has 4 rings (SSSR count). The number of nitrogens with zero attached hydrogens (tertiary/aromatic N) is 4. The van der Waals surface area contributed by atoms with E-state index in [9.17, 15) is 13.2 Å². The van der Waals surface area contributed by atoms with Gasteiger partial charge in [0.2, 0.25) is 0 Å². The van der Waals surface area contributed by atoms with Crippen LogP contribution in [0.1, 0.15) is 29.3 Å². The second kappa shape index (κ2) is 7.39. The van der Waals surface area contributed by atoms with E-state index in [1.165, 1.54) is 0 Å². The lowest BCUT2D eigenvalue weighted by Gasteiger charge is -2.30. The zero-order valence-corrected chi connectivity index (χ0v) is 16.3. The van der Waals surface area contributed by atoms with Crippen molar-refractivity contribution in [3.63, 3.8) is 0 Å². The summed E-state index contributed by atoms with van der Waals surface area (Å²) in [7, 11) is 1.72. The average molecular weight is 398 g/mol. The van der Waals surface area contributed by atoms with Gasteiger partial charge in [-0.15, -0.1) is 0 Å². The Balaban J connectivity index is 1.65. The summed E-state index contributed by atoms with van der Waals surface area (Å²) in [5, 5.41) is 4.55. The molecule has 0 atom stereocenters. The van der Waals surface area contributed by atoms with Crippen LogP contribution in [0.25, 0.3) is 17.0 Å². The molecule has 29 heavy (non-hydrogen) atoms. The molecular weight excluding hydrogens is 377 g/mol. The van der Waals surface area contributed by atoms with Crippen molar-refractivity contribution >= 4 is 5.70 Å². The second-order valence-electron chi connectivity index (χ2n) is 7.21. The van der Waals surface area contributed by atoms with E-state index >= 15 is 0 Å². The van der Waals surface area contributed by atoms with Gasteiger partial charge in [0, 0.05) is 48.4 Å². The van der Waals surface area contributed by atoms with Crippen LogP contribution in [0.2, 0.25) is 0 Å². The minimum Gasteiger partial charge on any atom is -0.365 e. The smallest absolute Gasteiger partial charge is 0.194 e. The summed E-state index contributed by atoms with van der Waals surface area (Å²) in [5.41, 5.74) is 5.60. The van der Waals surface area contributed by atoms with Crippen molar-refractivity contribution in [1.29, 1.82) is 0 Å². The maximum absolute atomic E-state index is 13.7. The molecule has 0 spiro atoms. The number of aromatic nitrogens is 3. The third-order valence-corrected chi connectivity index (χ3v) is 5.38. The van der Waals surface area contributed by atoms with E-state index in [4.69, 9.17) is 0 Å². The molecule has 0 saturated heterocycles. The van der Waals surface area contributed by atoms with Crippen molar-refractivity contribution in [1.82, 2.24) is 19.7 Å². The van der Waals surface area contributed by atoms with Gasteiger partial charge in [-0.1, -0.05) is 13.5 Å². The van der Waals surface area contributed by atoms with E-state index in [1.807, 2.05) is 6.20 Å². The Bertz CT molecular complexity index is 1080. The van der Waals surface area contributed by atoms with Crippen molar-refractivity contribution < 1.29 is 13.2 Å². The first kappa shape index (κ1) is 19.2. The molecule has 3 aromatic rings. The van der Waals surface area contributed by atoms with Gasteiger partial charge in [-0.3, -0.25) is 9.67 Å². The Morgan fingerprint density at radius 1 is 1.14 bits per heavy atom. The quantitative estimate of drug-likeness (QED) is 0.608. The predicted molar refractivity (Wildman–Crippen MR) is 105 cm³/mol. The molecule has 0 N–H and O–H groups in total. The van der Waals surface area contributed by atoms with Gasteiger partial charge in [-0.2, -0.15) is 5.10 Å². The monoisotopic (exact) mass is 398 g/mol. The summed E-state index contributed by atoms with van der Waals surface area (Å²) in [6.07, 6.45) is 5.17. The van der Waals surface area contributed by atoms with Crippen LogP contribution in [-0.2, 0) is 26.4 Å². The van der Waals surface area contributed by atoms with E-state index < -0.39 is 17.5 Å². The van der Waals surface area contributed by atoms with Crippen LogP contribution in [0.5, 0.6) is 0 Å². The zero-order chi connectivity index (χ0) is 20.7. The third kappa shape index (κ3) is 3.41. The van der Waals surface area contributed by atoms with Crippen LogP contribution in [0.3, 0.4) is 0 Å². The molecule has 0 fully saturated rings. The molecule has 0 unspecified atom stereocenters. The van der Waals surface area contributed by atoms with Gasteiger partial charge in [0.05, 0.1) is 17.9 Å². The molecule has 4 nitrogen and oxygen atoms in total. The van der Waals surface area contributed by atoms with Crippen molar-refractivity contribution in [2.24, 2.45) is 7.05 Å². The van der Waals surface area contributed by atoms with E-state index in [0.29, 0.717) is 25.2 Å². The van der Waals surface area contributed by atoms with Crippen LogP contribution in [0.15, 0.2) is 37.2 Å². The number of benzene rings is 1. The van der Waals surface area contributed by atoms with Crippen LogP contribution in [0.4, 0.5) is 13.2 Å². The fourth-order valence-corrected chi connectivity index (χ4v) is 3.82. The Hall–Kier alpha value is -3.09. The highest BCUT2D eigenvalue weighted by Crippen LogP contribution is 2.33. The van der Waals surface area contributed by atoms with Crippen molar-refractivity contribution in [2.45, 2.75) is 26.3 Å². The van der Waals surface area contributed by atoms with E-state index in [1.54, 1.807) is 17.9 Å². The Labute approximate surface area is 167 Å². The molecule has 0 radical (unpaired) electrons. The highest BCUT2D eigenvalue weighted by Gasteiger charge is 2.26. The number of aryl methyl sites for hydroxylation is 2. The largest absolute Gasteiger partial charge is 0.365 e. The summed E-state index contributed by atoms with van der Waals surface area (Å²) >= 11 is 0. The van der Waals surface area contributed by atoms with E-state index in [0.717, 1.165) is 46.6 Å². The highest BCUT2D eigenvalue weighted by atomic mass is 19.2. The van der Waals surface area contributed by atoms with Crippen LogP contribution in [0, 0.1) is 17.5 Å². The lowest BCUT2D eigenvalue weighted by molar-refractivity contribution is 0.368. The molecule has 1 aromatic carbocycles. The van der Waals surface area contributed by atoms with Gasteiger partial charge >= 0.3 is 0 Å². The Morgan fingerprint density at radius 3 is 2.55 bits per heavy atom. The molecule has 0 bridgehead atoms. The van der Waals surface area contributed by atoms with Gasteiger partial charge in [-0.05, 0) is 36.6 Å². The fourth-order valence-electron chi connectivity index (χ4n) is 3.82. The van der Waals surface area contributed by atoms with Crippen molar-refractivity contribution in [2.75, 3.05) is 6.54 Å². The second-order valence-corrected chi connectivity index (χ2v) is 7.21. The van der Waals surface area contributed by atoms with Crippen LogP contribution < -0.4 is 0 Å². The van der Waals surface area contributed by atoms with Crippen molar-refractivity contribution in [3.05, 3.63) is 77.0 Å². The lowest BCUT2D eigenvalue weighted by Crippen LogP contribution is -2.29. The summed E-state index contributed by atoms with van der Waals surface area (Å²) < 4.78 is 42.4. The van der Waals surface area contributed by atoms with Gasteiger partial charge in [-0.25, -0.2) is 13.2 Å². The third-order valence-electron chi connectivity index (χ3n) is 5.38. The minimum absolute atomic E-state index is 0.282. The zero-order valence-electron chi connectivity index (χ0n) is 16.3. The highest BCUT2D eigenvalue weighted by molar-refractivity contribution is 5.67. The minimum atomic E-state index is -1.46. The first-order valence-corrected chi connectivity index (χ1v) is 9.46. The topological polar surface area (TPSA) is 34.0 Å². The summed E-state index contributed by atoms with van der Waals surface area (Å²) in [6, 6.07) is 4.12. The molecule has 0 aliphatic carbocycles. The Kier molecular flexibility index (Phi) is 4.90. The molecule has 150 valence electrons. The van der Waals surface area contributed by atoms with Crippen molar-refractivity contribution in [3.8, 4) is 11.3 Å². The summed E-state index contributed by atoms with van der Waals surface area (Å²) in [4.78, 5) is 6.41. The number of halogens is 3. The molecule has 2 aromatic heterocycles. The first-order valence-electron chi connectivity index (χ1n) is 9.46. The van der Waals surface area contributed by atoms with Gasteiger partial charge < -0.3 is 4.90 Å². The lowest BCUT2D eigenvalue weighted by atomic mass is 9.98. The number of rotatable bonds is 4. The number of pyridine rings is 1. The molecule has 7 heteroatoms. The standard InChI is InChI=1S/C22H21F3N4/c1-4-14-7-16(11-26-10-14)13(2)29-6-5-17-20(12-29)27-28(3)22(17)15-8-18(23)21(25)19(24)9-15/h7-11H,2,4-6,12H2,1,3H3. The Morgan fingerprint density at radius 2 is 1.86 bits per heavy atom. The average Bonchev–Trinajstić information content (AvgIpc) is 3.05. The molecule has 3 heterocycles. The van der Waals surface area contributed by atoms with Gasteiger partial charge in [0.25, 0.3) is 0 Å². The number of hydrogen-bond acceptors (Lipinski definition) is 3. The molecule has 1 aliphatic rings. The molecular formula is C22H21F3N4. The summed E-state index contributed by atoms with van der Waals surface area (Å²) in [6.45, 7) is 7.52. The van der Waals surface area contributed by atoms with Crippen LogP contribution in [-0.4, -0.2) is 26.2 Å². The molecule has 0 saturated carbocycles. The van der Waals surface area contributed by atoms with Gasteiger partial charge in [0.15, 0.2) is 17.5 Å². The SMILES string of the molecule is C=C(c1cncc(CC)c1)N1CCc2c(nn(C)c2-c2cc(F)c(F)c(F)c2)C1. The molecule has 1 aliphatic heterocycles. The number of fused-ring (bicyclic) bond motifs is 1. The maximum atomic E-state index is 13.7. The van der Waals surface area contributed by atoms with E-state index in [2.05, 4.69) is 34.6 Å². The normalized spacial score (nSPS) is 13.5. The number of hydrogen-bond donors (Lipinski definition) is 0. The van der Waals surface area contributed by atoms with Gasteiger partial charge in [0.1, 0.15) is 0 Å². The maximum Gasteiger partial charge on any atom is 0.194 e. The predicted octanol–water partition coefficient (Wildman–Crippen LogP) is 4.49. The fraction of sp³-hybridized carbons (Fsp3) is 0.273. The first-order chi connectivity index (χ1) is 13.9. The van der Waals surface area contributed by atoms with Crippen LogP contribution >= 0.6 is 0 Å². The van der Waals surface area contributed by atoms with E-state index in [-0.39, 0.29) is 5.56 Å². The molecule has 0 amide bonds. The summed E-state index contributed by atoms with van der Waals surface area (Å²) in [5.74, 6) is -3.87.